The number of methoxy groups -OCH3 is 1. The van der Waals surface area contributed by atoms with Crippen LogP contribution in [0.1, 0.15) is 41.8 Å². The van der Waals surface area contributed by atoms with Gasteiger partial charge < -0.3 is 15.2 Å². The molecule has 0 aromatic heterocycles. The Morgan fingerprint density at radius 1 is 1.43 bits per heavy atom. The fourth-order valence-electron chi connectivity index (χ4n) is 1.63. The number of amides is 1. The van der Waals surface area contributed by atoms with E-state index < -0.39 is 5.60 Å². The molecule has 0 atom stereocenters. The van der Waals surface area contributed by atoms with Crippen LogP contribution < -0.4 is 5.32 Å². The van der Waals surface area contributed by atoms with Gasteiger partial charge in [-0.25, -0.2) is 0 Å². The van der Waals surface area contributed by atoms with Gasteiger partial charge in [0.2, 0.25) is 0 Å². The topological polar surface area (TPSA) is 58.6 Å². The minimum atomic E-state index is -0.401. The fourth-order valence-corrected chi connectivity index (χ4v) is 1.63. The highest BCUT2D eigenvalue weighted by Crippen LogP contribution is 2.12. The molecule has 0 unspecified atom stereocenters. The number of ether oxygens (including phenoxy) is 1. The van der Waals surface area contributed by atoms with Crippen molar-refractivity contribution in [3.63, 3.8) is 0 Å². The number of aliphatic hydroxyl groups excluding tert-OH is 1. The van der Waals surface area contributed by atoms with Crippen molar-refractivity contribution in [3.05, 3.63) is 34.9 Å². The van der Waals surface area contributed by atoms with Crippen LogP contribution in [0.25, 0.3) is 0 Å². The number of hydrogen-bond donors (Lipinski definition) is 2. The normalized spacial score (nSPS) is 10.7. The zero-order chi connectivity index (χ0) is 15.9. The highest BCUT2D eigenvalue weighted by atomic mass is 16.5. The molecule has 1 aromatic carbocycles. The number of benzene rings is 1. The zero-order valence-corrected chi connectivity index (χ0v) is 13.1. The molecule has 0 aliphatic carbocycles. The average molecular weight is 289 g/mol. The van der Waals surface area contributed by atoms with E-state index >= 15 is 0 Å². The maximum absolute atomic E-state index is 12.3. The third-order valence-electron chi connectivity index (χ3n) is 3.18. The summed E-state index contributed by atoms with van der Waals surface area (Å²) in [5.74, 6) is 5.65. The standard InChI is InChI=1S/C17H23NO3/c1-13-8-9-14(7-5-6-10-19)11-15(13)16(20)18-12-17(2,3)21-4/h8-9,11,19H,6,10,12H2,1-4H3,(H,18,20). The number of aliphatic hydroxyl groups is 1. The number of hydrogen-bond acceptors (Lipinski definition) is 3. The molecule has 0 saturated carbocycles. The molecule has 4 heteroatoms. The molecule has 1 amide bonds. The highest BCUT2D eigenvalue weighted by Gasteiger charge is 2.18. The molecular weight excluding hydrogens is 266 g/mol. The first-order chi connectivity index (χ1) is 9.89. The van der Waals surface area contributed by atoms with Crippen LogP contribution in [0.2, 0.25) is 0 Å². The molecule has 0 aliphatic heterocycles. The van der Waals surface area contributed by atoms with E-state index in [4.69, 9.17) is 9.84 Å². The summed E-state index contributed by atoms with van der Waals surface area (Å²) in [6.07, 6.45) is 0.428. The van der Waals surface area contributed by atoms with Crippen LogP contribution in [-0.2, 0) is 4.74 Å². The molecule has 2 N–H and O–H groups in total. The van der Waals surface area contributed by atoms with Gasteiger partial charge in [-0.3, -0.25) is 4.79 Å². The maximum Gasteiger partial charge on any atom is 0.251 e. The minimum absolute atomic E-state index is 0.0400. The largest absolute Gasteiger partial charge is 0.395 e. The first-order valence-electron chi connectivity index (χ1n) is 6.93. The van der Waals surface area contributed by atoms with Crippen LogP contribution in [0.3, 0.4) is 0 Å². The molecule has 4 nitrogen and oxygen atoms in total. The monoisotopic (exact) mass is 289 g/mol. The molecule has 114 valence electrons. The van der Waals surface area contributed by atoms with Gasteiger partial charge >= 0.3 is 0 Å². The molecule has 0 heterocycles. The van der Waals surface area contributed by atoms with Gasteiger partial charge in [-0.15, -0.1) is 0 Å². The van der Waals surface area contributed by atoms with Gasteiger partial charge in [-0.05, 0) is 38.5 Å². The van der Waals surface area contributed by atoms with Crippen molar-refractivity contribution in [2.45, 2.75) is 32.8 Å². The van der Waals surface area contributed by atoms with Crippen LogP contribution in [0.5, 0.6) is 0 Å². The molecule has 0 fully saturated rings. The van der Waals surface area contributed by atoms with Crippen LogP contribution >= 0.6 is 0 Å². The molecule has 0 aliphatic rings. The SMILES string of the molecule is COC(C)(C)CNC(=O)c1cc(C#CCCO)ccc1C. The fraction of sp³-hybridized carbons (Fsp3) is 0.471. The number of nitrogens with one attached hydrogen (secondary N) is 1. The lowest BCUT2D eigenvalue weighted by Crippen LogP contribution is -2.39. The molecule has 1 rings (SSSR count). The Labute approximate surface area is 126 Å². The summed E-state index contributed by atoms with van der Waals surface area (Å²) in [5, 5.41) is 11.6. The van der Waals surface area contributed by atoms with Crippen molar-refractivity contribution in [3.8, 4) is 11.8 Å². The quantitative estimate of drug-likeness (QED) is 0.814. The van der Waals surface area contributed by atoms with Crippen molar-refractivity contribution in [2.24, 2.45) is 0 Å². The molecule has 21 heavy (non-hydrogen) atoms. The Morgan fingerprint density at radius 3 is 2.76 bits per heavy atom. The maximum atomic E-state index is 12.3. The van der Waals surface area contributed by atoms with E-state index in [1.807, 2.05) is 32.9 Å². The second kappa shape index (κ2) is 7.82. The van der Waals surface area contributed by atoms with Gasteiger partial charge in [0.15, 0.2) is 0 Å². The van der Waals surface area contributed by atoms with E-state index in [1.54, 1.807) is 13.2 Å². The van der Waals surface area contributed by atoms with E-state index in [2.05, 4.69) is 17.2 Å². The van der Waals surface area contributed by atoms with E-state index in [9.17, 15) is 4.79 Å². The molecule has 0 radical (unpaired) electrons. The Morgan fingerprint density at radius 2 is 2.14 bits per heavy atom. The first kappa shape index (κ1) is 17.2. The van der Waals surface area contributed by atoms with Crippen molar-refractivity contribution < 1.29 is 14.6 Å². The zero-order valence-electron chi connectivity index (χ0n) is 13.1. The Kier molecular flexibility index (Phi) is 6.41. The van der Waals surface area contributed by atoms with Gasteiger partial charge in [-0.2, -0.15) is 0 Å². The van der Waals surface area contributed by atoms with Gasteiger partial charge in [0.25, 0.3) is 5.91 Å². The molecule has 0 bridgehead atoms. The number of rotatable bonds is 5. The third kappa shape index (κ3) is 5.58. The molecule has 0 spiro atoms. The van der Waals surface area contributed by atoms with E-state index in [1.165, 1.54) is 0 Å². The molecule has 0 saturated heterocycles. The lowest BCUT2D eigenvalue weighted by molar-refractivity contribution is 0.0228. The number of aryl methyl sites for hydroxylation is 1. The second-order valence-electron chi connectivity index (χ2n) is 5.45. The van der Waals surface area contributed by atoms with Crippen LogP contribution in [-0.4, -0.2) is 36.9 Å². The van der Waals surface area contributed by atoms with Crippen molar-refractivity contribution in [2.75, 3.05) is 20.3 Å². The highest BCUT2D eigenvalue weighted by molar-refractivity contribution is 5.96. The first-order valence-corrected chi connectivity index (χ1v) is 6.93. The third-order valence-corrected chi connectivity index (χ3v) is 3.18. The van der Waals surface area contributed by atoms with E-state index in [0.29, 0.717) is 18.5 Å². The number of carbonyl (C=O) groups excluding carboxylic acids is 1. The molecule has 1 aromatic rings. The van der Waals surface area contributed by atoms with Gasteiger partial charge in [0.05, 0.1) is 12.2 Å². The summed E-state index contributed by atoms with van der Waals surface area (Å²) in [7, 11) is 1.62. The van der Waals surface area contributed by atoms with Crippen LogP contribution in [0.4, 0.5) is 0 Å². The van der Waals surface area contributed by atoms with Gasteiger partial charge in [0.1, 0.15) is 0 Å². The Bertz CT molecular complexity index is 553. The number of carbonyl (C=O) groups is 1. The van der Waals surface area contributed by atoms with E-state index in [0.717, 1.165) is 11.1 Å². The van der Waals surface area contributed by atoms with Crippen molar-refractivity contribution >= 4 is 5.91 Å². The van der Waals surface area contributed by atoms with Gasteiger partial charge in [-0.1, -0.05) is 17.9 Å². The van der Waals surface area contributed by atoms with Crippen LogP contribution in [0, 0.1) is 18.8 Å². The summed E-state index contributed by atoms with van der Waals surface area (Å²) >= 11 is 0. The summed E-state index contributed by atoms with van der Waals surface area (Å²) in [6, 6.07) is 5.52. The lowest BCUT2D eigenvalue weighted by Gasteiger charge is -2.23. The summed E-state index contributed by atoms with van der Waals surface area (Å²) < 4.78 is 5.28. The van der Waals surface area contributed by atoms with Gasteiger partial charge in [0, 0.05) is 31.2 Å². The summed E-state index contributed by atoms with van der Waals surface area (Å²) in [6.45, 7) is 6.19. The van der Waals surface area contributed by atoms with Crippen molar-refractivity contribution in [1.29, 1.82) is 0 Å². The smallest absolute Gasteiger partial charge is 0.251 e. The van der Waals surface area contributed by atoms with Crippen molar-refractivity contribution in [1.82, 2.24) is 5.32 Å². The van der Waals surface area contributed by atoms with E-state index in [-0.39, 0.29) is 12.5 Å². The lowest BCUT2D eigenvalue weighted by atomic mass is 10.0. The minimum Gasteiger partial charge on any atom is -0.395 e. The summed E-state index contributed by atoms with van der Waals surface area (Å²) in [5.41, 5.74) is 1.88. The Balaban J connectivity index is 2.84. The predicted molar refractivity (Wildman–Crippen MR) is 83.2 cm³/mol. The Hall–Kier alpha value is -1.83. The second-order valence-corrected chi connectivity index (χ2v) is 5.45. The van der Waals surface area contributed by atoms with Crippen LogP contribution in [0.15, 0.2) is 18.2 Å². The average Bonchev–Trinajstić information content (AvgIpc) is 2.47. The predicted octanol–water partition coefficient (Wildman–Crippen LogP) is 1.88. The summed E-state index contributed by atoms with van der Waals surface area (Å²) in [4.78, 5) is 12.3. The molecular formula is C17H23NO3.